The molecule has 3 rings (SSSR count). The van der Waals surface area contributed by atoms with E-state index in [1.165, 1.54) is 29.0 Å². The molecule has 0 aromatic heterocycles. The average Bonchev–Trinajstić information content (AvgIpc) is 3.09. The topological polar surface area (TPSA) is 94.6 Å². The van der Waals surface area contributed by atoms with E-state index in [2.05, 4.69) is 13.2 Å². The van der Waals surface area contributed by atoms with Crippen molar-refractivity contribution >= 4 is 18.2 Å². The highest BCUT2D eigenvalue weighted by atomic mass is 16.7. The van der Waals surface area contributed by atoms with Crippen LogP contribution in [-0.2, 0) is 23.7 Å². The van der Waals surface area contributed by atoms with Crippen LogP contribution >= 0.6 is 0 Å². The van der Waals surface area contributed by atoms with Gasteiger partial charge in [-0.2, -0.15) is 0 Å². The number of likely N-dealkylation sites (N-methyl/N-ethyl adjacent to an activating group) is 1. The third-order valence-electron chi connectivity index (χ3n) is 5.35. The zero-order valence-corrected chi connectivity index (χ0v) is 16.8. The Morgan fingerprint density at radius 1 is 1.31 bits per heavy atom. The molecule has 158 valence electrons. The second-order valence-electron chi connectivity index (χ2n) is 7.53. The lowest BCUT2D eigenvalue weighted by Gasteiger charge is -2.42. The van der Waals surface area contributed by atoms with Crippen molar-refractivity contribution in [3.8, 4) is 0 Å². The van der Waals surface area contributed by atoms with Crippen LogP contribution in [0.15, 0.2) is 37.0 Å². The number of hydrogen-bond donors (Lipinski definition) is 0. The van der Waals surface area contributed by atoms with E-state index in [9.17, 15) is 14.4 Å². The fourth-order valence-corrected chi connectivity index (χ4v) is 4.39. The first-order valence-corrected chi connectivity index (χ1v) is 9.35. The molecule has 2 saturated heterocycles. The molecule has 0 aromatic carbocycles. The van der Waals surface area contributed by atoms with E-state index >= 15 is 0 Å². The Labute approximate surface area is 169 Å². The minimum Gasteiger partial charge on any atom is -0.445 e. The van der Waals surface area contributed by atoms with Gasteiger partial charge in [-0.3, -0.25) is 9.69 Å². The molecule has 9 heteroatoms. The Balaban J connectivity index is 1.89. The summed E-state index contributed by atoms with van der Waals surface area (Å²) in [5.74, 6) is -0.984. The highest BCUT2D eigenvalue weighted by Gasteiger charge is 2.66. The summed E-state index contributed by atoms with van der Waals surface area (Å²) in [4.78, 5) is 40.5. The van der Waals surface area contributed by atoms with Crippen LogP contribution in [0, 0.1) is 5.92 Å². The van der Waals surface area contributed by atoms with Crippen LogP contribution in [0.1, 0.15) is 13.8 Å². The van der Waals surface area contributed by atoms with Gasteiger partial charge in [0, 0.05) is 13.6 Å². The highest BCUT2D eigenvalue weighted by Crippen LogP contribution is 2.48. The van der Waals surface area contributed by atoms with E-state index in [1.807, 2.05) is 19.9 Å². The second kappa shape index (κ2) is 7.90. The molecule has 0 unspecified atom stereocenters. The number of amides is 2. The smallest absolute Gasteiger partial charge is 0.445 e. The molecule has 0 N–H and O–H groups in total. The minimum atomic E-state index is -0.966. The Kier molecular flexibility index (Phi) is 5.70. The van der Waals surface area contributed by atoms with Crippen molar-refractivity contribution in [3.63, 3.8) is 0 Å². The molecular formula is C20H26N2O7. The van der Waals surface area contributed by atoms with E-state index in [-0.39, 0.29) is 19.1 Å². The maximum Gasteiger partial charge on any atom is 0.510 e. The Hall–Kier alpha value is -2.81. The van der Waals surface area contributed by atoms with Crippen LogP contribution in [0.2, 0.25) is 0 Å². The first-order valence-electron chi connectivity index (χ1n) is 9.35. The standard InChI is InChI=1S/C20H26N2O7/c1-6-8-26-18(24)22-11-12(3)10-20(4)15(22)13-14(29-20)17(21(5)16(13)23)28-19(25)27-9-7-2/h6-7,10,13-15,17H,1-2,8-9,11H2,3-5H3/t13-,14-,15-,17-,20-/m0/s1. The summed E-state index contributed by atoms with van der Waals surface area (Å²) in [5, 5.41) is 0. The Morgan fingerprint density at radius 3 is 2.62 bits per heavy atom. The summed E-state index contributed by atoms with van der Waals surface area (Å²) in [7, 11) is 1.52. The molecule has 3 heterocycles. The van der Waals surface area contributed by atoms with Crippen molar-refractivity contribution in [2.24, 2.45) is 5.92 Å². The molecule has 3 aliphatic heterocycles. The van der Waals surface area contributed by atoms with Crippen LogP contribution in [0.3, 0.4) is 0 Å². The molecule has 9 nitrogen and oxygen atoms in total. The first kappa shape index (κ1) is 20.9. The van der Waals surface area contributed by atoms with Gasteiger partial charge in [0.25, 0.3) is 0 Å². The number of likely N-dealkylation sites (tertiary alicyclic amines) is 1. The van der Waals surface area contributed by atoms with Crippen LogP contribution in [0.25, 0.3) is 0 Å². The lowest BCUT2D eigenvalue weighted by molar-refractivity contribution is -0.143. The van der Waals surface area contributed by atoms with Gasteiger partial charge < -0.3 is 23.8 Å². The summed E-state index contributed by atoms with van der Waals surface area (Å²) >= 11 is 0. The lowest BCUT2D eigenvalue weighted by Crippen LogP contribution is -2.57. The molecule has 0 aromatic rings. The van der Waals surface area contributed by atoms with E-state index in [0.717, 1.165) is 5.57 Å². The SMILES string of the molecule is C=CCOC(=O)O[C@H]1[C@H]2O[C@@]3(C)C=C(C)CN(C(=O)OCC=C)[C@H]3[C@H]2C(=O)N1C. The third-order valence-corrected chi connectivity index (χ3v) is 5.35. The fraction of sp³-hybridized carbons (Fsp3) is 0.550. The van der Waals surface area contributed by atoms with Gasteiger partial charge in [0.05, 0.1) is 12.0 Å². The van der Waals surface area contributed by atoms with Gasteiger partial charge in [-0.05, 0) is 13.8 Å². The zero-order chi connectivity index (χ0) is 21.3. The summed E-state index contributed by atoms with van der Waals surface area (Å²) < 4.78 is 21.7. The van der Waals surface area contributed by atoms with Crippen molar-refractivity contribution < 1.29 is 33.3 Å². The Morgan fingerprint density at radius 2 is 1.97 bits per heavy atom. The molecule has 3 aliphatic rings. The molecule has 0 bridgehead atoms. The molecule has 2 amide bonds. The first-order chi connectivity index (χ1) is 13.7. The molecular weight excluding hydrogens is 380 g/mol. The number of carbonyl (C=O) groups excluding carboxylic acids is 3. The second-order valence-corrected chi connectivity index (χ2v) is 7.53. The van der Waals surface area contributed by atoms with Crippen molar-refractivity contribution in [1.29, 1.82) is 0 Å². The average molecular weight is 406 g/mol. The molecule has 0 radical (unpaired) electrons. The van der Waals surface area contributed by atoms with E-state index in [4.69, 9.17) is 18.9 Å². The summed E-state index contributed by atoms with van der Waals surface area (Å²) in [6.07, 6.45) is 1.60. The van der Waals surface area contributed by atoms with Crippen molar-refractivity contribution in [2.45, 2.75) is 37.8 Å². The van der Waals surface area contributed by atoms with Crippen LogP contribution in [0.4, 0.5) is 9.59 Å². The number of fused-ring (bicyclic) bond motifs is 3. The van der Waals surface area contributed by atoms with Crippen LogP contribution in [0.5, 0.6) is 0 Å². The largest absolute Gasteiger partial charge is 0.510 e. The zero-order valence-electron chi connectivity index (χ0n) is 16.8. The van der Waals surface area contributed by atoms with Crippen LogP contribution < -0.4 is 0 Å². The number of rotatable bonds is 5. The maximum absolute atomic E-state index is 13.0. The predicted molar refractivity (Wildman–Crippen MR) is 102 cm³/mol. The van der Waals surface area contributed by atoms with Crippen molar-refractivity contribution in [2.75, 3.05) is 26.8 Å². The van der Waals surface area contributed by atoms with Crippen molar-refractivity contribution in [3.05, 3.63) is 37.0 Å². The minimum absolute atomic E-state index is 0.0106. The van der Waals surface area contributed by atoms with Gasteiger partial charge in [-0.1, -0.05) is 37.0 Å². The summed E-state index contributed by atoms with van der Waals surface area (Å²) in [6, 6.07) is -0.596. The molecule has 5 atom stereocenters. The van der Waals surface area contributed by atoms with Crippen molar-refractivity contribution in [1.82, 2.24) is 9.80 Å². The van der Waals surface area contributed by atoms with E-state index in [1.54, 1.807) is 0 Å². The van der Waals surface area contributed by atoms with E-state index < -0.39 is 42.1 Å². The van der Waals surface area contributed by atoms with E-state index in [0.29, 0.717) is 6.54 Å². The Bertz CT molecular complexity index is 764. The fourth-order valence-electron chi connectivity index (χ4n) is 4.39. The summed E-state index contributed by atoms with van der Waals surface area (Å²) in [6.45, 7) is 11.1. The predicted octanol–water partition coefficient (Wildman–Crippen LogP) is 1.85. The maximum atomic E-state index is 13.0. The number of carbonyl (C=O) groups is 3. The third kappa shape index (κ3) is 3.62. The molecule has 0 spiro atoms. The van der Waals surface area contributed by atoms with Crippen LogP contribution in [-0.4, -0.2) is 78.7 Å². The molecule has 2 fully saturated rings. The van der Waals surface area contributed by atoms with Gasteiger partial charge in [0.1, 0.15) is 24.9 Å². The number of ether oxygens (including phenoxy) is 4. The summed E-state index contributed by atoms with van der Waals surface area (Å²) in [5.41, 5.74) is -0.0167. The van der Waals surface area contributed by atoms with Gasteiger partial charge in [0.2, 0.25) is 12.1 Å². The molecule has 0 aliphatic carbocycles. The quantitative estimate of drug-likeness (QED) is 0.508. The molecule has 29 heavy (non-hydrogen) atoms. The van der Waals surface area contributed by atoms with Gasteiger partial charge >= 0.3 is 12.2 Å². The van der Waals surface area contributed by atoms with Gasteiger partial charge in [-0.15, -0.1) is 0 Å². The monoisotopic (exact) mass is 406 g/mol. The molecule has 0 saturated carbocycles. The lowest BCUT2D eigenvalue weighted by atomic mass is 9.82. The normalized spacial score (nSPS) is 32.8. The number of nitrogens with zero attached hydrogens (tertiary/aromatic N) is 2. The van der Waals surface area contributed by atoms with Gasteiger partial charge in [0.15, 0.2) is 0 Å². The highest BCUT2D eigenvalue weighted by molar-refractivity contribution is 5.85. The number of hydrogen-bond acceptors (Lipinski definition) is 7. The van der Waals surface area contributed by atoms with Gasteiger partial charge in [-0.25, -0.2) is 9.59 Å².